The van der Waals surface area contributed by atoms with Crippen LogP contribution in [0.15, 0.2) is 60.9 Å². The number of rotatable bonds is 8. The molecule has 9 nitrogen and oxygen atoms in total. The van der Waals surface area contributed by atoms with Gasteiger partial charge in [-0.25, -0.2) is 15.0 Å². The van der Waals surface area contributed by atoms with Gasteiger partial charge in [-0.1, -0.05) is 54.6 Å². The van der Waals surface area contributed by atoms with Gasteiger partial charge in [0.2, 0.25) is 0 Å². The largest absolute Gasteiger partial charge is 0.340 e. The van der Waals surface area contributed by atoms with Crippen molar-refractivity contribution in [2.75, 3.05) is 13.2 Å². The van der Waals surface area contributed by atoms with Crippen LogP contribution in [0.4, 0.5) is 0 Å². The number of hydrogen-bond donors (Lipinski definition) is 1. The van der Waals surface area contributed by atoms with Gasteiger partial charge in [-0.3, -0.25) is 4.57 Å². The third-order valence-corrected chi connectivity index (χ3v) is 7.14. The van der Waals surface area contributed by atoms with Crippen LogP contribution in [0.2, 0.25) is 0 Å². The van der Waals surface area contributed by atoms with E-state index in [0.717, 1.165) is 16.7 Å². The summed E-state index contributed by atoms with van der Waals surface area (Å²) in [6.07, 6.45) is 1.51. The lowest BCUT2D eigenvalue weighted by atomic mass is 10.0. The second kappa shape index (κ2) is 8.86. The van der Waals surface area contributed by atoms with Crippen LogP contribution in [0.25, 0.3) is 39.3 Å². The van der Waals surface area contributed by atoms with E-state index in [1.807, 2.05) is 42.5 Å². The van der Waals surface area contributed by atoms with E-state index in [1.165, 1.54) is 0 Å². The fourth-order valence-corrected chi connectivity index (χ4v) is 5.32. The van der Waals surface area contributed by atoms with Crippen LogP contribution in [0.1, 0.15) is 19.7 Å². The van der Waals surface area contributed by atoms with E-state index in [9.17, 15) is 4.57 Å². The zero-order chi connectivity index (χ0) is 22.8. The van der Waals surface area contributed by atoms with Gasteiger partial charge in [0.25, 0.3) is 0 Å². The smallest absolute Gasteiger partial charge is 0.338 e. The Labute approximate surface area is 190 Å². The van der Waals surface area contributed by atoms with Crippen molar-refractivity contribution in [2.24, 2.45) is 0 Å². The van der Waals surface area contributed by atoms with E-state index >= 15 is 0 Å². The van der Waals surface area contributed by atoms with Crippen molar-refractivity contribution < 1.29 is 13.6 Å². The van der Waals surface area contributed by atoms with E-state index in [1.54, 1.807) is 24.7 Å². The van der Waals surface area contributed by atoms with Crippen LogP contribution in [-0.4, -0.2) is 42.8 Å². The molecule has 0 saturated heterocycles. The van der Waals surface area contributed by atoms with Crippen LogP contribution in [0.5, 0.6) is 0 Å². The van der Waals surface area contributed by atoms with E-state index in [0.29, 0.717) is 28.5 Å². The van der Waals surface area contributed by atoms with E-state index in [4.69, 9.17) is 14.0 Å². The van der Waals surface area contributed by atoms with Gasteiger partial charge in [0.05, 0.1) is 19.5 Å². The van der Waals surface area contributed by atoms with Gasteiger partial charge in [0.15, 0.2) is 17.1 Å². The maximum atomic E-state index is 13.2. The number of aromatic nitrogens is 6. The average molecular weight is 462 g/mol. The van der Waals surface area contributed by atoms with Crippen molar-refractivity contribution in [1.82, 2.24) is 29.5 Å². The van der Waals surface area contributed by atoms with Gasteiger partial charge in [-0.05, 0) is 25.0 Å². The molecule has 3 aromatic heterocycles. The van der Waals surface area contributed by atoms with Crippen molar-refractivity contribution in [3.63, 3.8) is 0 Å². The number of nitrogens with zero attached hydrogens (tertiary/aromatic N) is 5. The first-order valence-electron chi connectivity index (χ1n) is 10.7. The summed E-state index contributed by atoms with van der Waals surface area (Å²) in [4.78, 5) is 16.6. The Morgan fingerprint density at radius 1 is 0.909 bits per heavy atom. The highest BCUT2D eigenvalue weighted by Crippen LogP contribution is 2.51. The maximum Gasteiger partial charge on any atom is 0.338 e. The zero-order valence-electron chi connectivity index (χ0n) is 18.3. The molecule has 0 amide bonds. The van der Waals surface area contributed by atoms with E-state index in [-0.39, 0.29) is 19.4 Å². The molecule has 0 saturated carbocycles. The van der Waals surface area contributed by atoms with Gasteiger partial charge >= 0.3 is 7.60 Å². The molecule has 0 unspecified atom stereocenters. The highest BCUT2D eigenvalue weighted by atomic mass is 31.2. The summed E-state index contributed by atoms with van der Waals surface area (Å²) < 4.78 is 25.7. The fraction of sp³-hybridized carbons (Fsp3) is 0.217. The first-order valence-corrected chi connectivity index (χ1v) is 12.5. The van der Waals surface area contributed by atoms with Gasteiger partial charge in [0.1, 0.15) is 17.5 Å². The molecule has 0 aliphatic heterocycles. The monoisotopic (exact) mass is 462 g/mol. The Kier molecular flexibility index (Phi) is 5.76. The number of fused-ring (bicyclic) bond motifs is 3. The predicted octanol–water partition coefficient (Wildman–Crippen LogP) is 5.10. The number of imidazole rings is 1. The molecule has 0 atom stereocenters. The maximum absolute atomic E-state index is 13.2. The Morgan fingerprint density at radius 3 is 2.27 bits per heavy atom. The van der Waals surface area contributed by atoms with Crippen LogP contribution in [0, 0.1) is 0 Å². The van der Waals surface area contributed by atoms with Crippen LogP contribution >= 0.6 is 7.60 Å². The molecule has 0 aliphatic carbocycles. The molecule has 168 valence electrons. The number of H-pyrrole nitrogens is 1. The summed E-state index contributed by atoms with van der Waals surface area (Å²) in [5.41, 5.74) is 4.77. The second-order valence-corrected chi connectivity index (χ2v) is 9.40. The molecule has 0 spiro atoms. The van der Waals surface area contributed by atoms with Gasteiger partial charge in [-0.15, -0.1) is 5.10 Å². The molecule has 10 heteroatoms. The van der Waals surface area contributed by atoms with Gasteiger partial charge < -0.3 is 14.0 Å². The second-order valence-electron chi connectivity index (χ2n) is 7.35. The Bertz CT molecular complexity index is 1440. The van der Waals surface area contributed by atoms with Crippen LogP contribution in [0.3, 0.4) is 0 Å². The van der Waals surface area contributed by atoms with Crippen molar-refractivity contribution in [3.8, 4) is 22.5 Å². The lowest BCUT2D eigenvalue weighted by molar-refractivity contribution is 0.218. The molecule has 33 heavy (non-hydrogen) atoms. The molecule has 0 aliphatic rings. The predicted molar refractivity (Wildman–Crippen MR) is 126 cm³/mol. The molecule has 3 heterocycles. The van der Waals surface area contributed by atoms with Crippen molar-refractivity contribution in [1.29, 1.82) is 0 Å². The van der Waals surface area contributed by atoms with E-state index in [2.05, 4.69) is 32.2 Å². The third-order valence-electron chi connectivity index (χ3n) is 5.17. The van der Waals surface area contributed by atoms with Crippen LogP contribution in [-0.2, 0) is 19.8 Å². The average Bonchev–Trinajstić information content (AvgIpc) is 3.47. The Balaban J connectivity index is 1.58. The highest BCUT2D eigenvalue weighted by Gasteiger charge is 2.28. The molecule has 0 bridgehead atoms. The third kappa shape index (κ3) is 4.18. The first-order chi connectivity index (χ1) is 16.1. The number of benzene rings is 2. The zero-order valence-corrected chi connectivity index (χ0v) is 19.2. The summed E-state index contributed by atoms with van der Waals surface area (Å²) in [5, 5.41) is 4.68. The highest BCUT2D eigenvalue weighted by molar-refractivity contribution is 7.53. The SMILES string of the molecule is CCOP(=O)(Cc1nc2nc[nH]c2c2nc(-c3ccc(-c4ccccc4)cc3)nn12)OCC. The van der Waals surface area contributed by atoms with Crippen molar-refractivity contribution in [2.45, 2.75) is 20.0 Å². The molecular formula is C23H23N6O3P. The minimum atomic E-state index is -3.40. The fourth-order valence-electron chi connectivity index (χ4n) is 3.72. The summed E-state index contributed by atoms with van der Waals surface area (Å²) >= 11 is 0. The Morgan fingerprint density at radius 2 is 1.58 bits per heavy atom. The normalized spacial score (nSPS) is 12.1. The lowest BCUT2D eigenvalue weighted by Gasteiger charge is -2.16. The van der Waals surface area contributed by atoms with Gasteiger partial charge in [0, 0.05) is 5.56 Å². The van der Waals surface area contributed by atoms with Crippen molar-refractivity contribution >= 4 is 24.4 Å². The summed E-state index contributed by atoms with van der Waals surface area (Å²) in [5.74, 6) is 0.942. The summed E-state index contributed by atoms with van der Waals surface area (Å²) in [6, 6.07) is 18.2. The lowest BCUT2D eigenvalue weighted by Crippen LogP contribution is -2.07. The topological polar surface area (TPSA) is 107 Å². The summed E-state index contributed by atoms with van der Waals surface area (Å²) in [6.45, 7) is 4.08. The number of aromatic amines is 1. The molecule has 0 radical (unpaired) electrons. The Hall–Kier alpha value is -3.39. The molecule has 1 N–H and O–H groups in total. The molecule has 2 aromatic carbocycles. The molecule has 5 rings (SSSR count). The minimum Gasteiger partial charge on any atom is -0.340 e. The summed E-state index contributed by atoms with van der Waals surface area (Å²) in [7, 11) is -3.40. The number of nitrogens with one attached hydrogen (secondary N) is 1. The van der Waals surface area contributed by atoms with Crippen LogP contribution < -0.4 is 0 Å². The first kappa shape index (κ1) is 21.5. The number of hydrogen-bond acceptors (Lipinski definition) is 7. The minimum absolute atomic E-state index is 0.0380. The van der Waals surface area contributed by atoms with Crippen molar-refractivity contribution in [3.05, 3.63) is 66.7 Å². The quantitative estimate of drug-likeness (QED) is 0.320. The standard InChI is InChI=1S/C23H23N6O3P/c1-3-31-33(30,32-4-2)14-19-26-22-20(24-15-25-22)23-27-21(28-29(19)23)18-12-10-17(11-13-18)16-8-6-5-7-9-16/h5-13,15H,3-4,14H2,1-2H3,(H,24,25). The van der Waals surface area contributed by atoms with E-state index < -0.39 is 7.60 Å². The molecule has 0 fully saturated rings. The molecular weight excluding hydrogens is 439 g/mol. The van der Waals surface area contributed by atoms with Gasteiger partial charge in [-0.2, -0.15) is 4.52 Å². The molecule has 5 aromatic rings.